The smallest absolute Gasteiger partial charge is 0.251 e. The van der Waals surface area contributed by atoms with Gasteiger partial charge in [-0.3, -0.25) is 9.59 Å². The van der Waals surface area contributed by atoms with Gasteiger partial charge in [-0.2, -0.15) is 0 Å². The second kappa shape index (κ2) is 9.81. The average Bonchev–Trinajstić information content (AvgIpc) is 3.39. The van der Waals surface area contributed by atoms with Crippen molar-refractivity contribution in [3.63, 3.8) is 0 Å². The van der Waals surface area contributed by atoms with Crippen LogP contribution < -0.4 is 10.6 Å². The predicted molar refractivity (Wildman–Crippen MR) is 141 cm³/mol. The minimum Gasteiger partial charge on any atom is -0.378 e. The normalized spacial score (nSPS) is 26.9. The molecule has 2 heterocycles. The number of hydrogen-bond donors (Lipinski definition) is 2. The highest BCUT2D eigenvalue weighted by Gasteiger charge is 2.48. The van der Waals surface area contributed by atoms with E-state index in [0.29, 0.717) is 11.5 Å². The number of rotatable bonds is 4. The molecule has 1 aliphatic carbocycles. The lowest BCUT2D eigenvalue weighted by molar-refractivity contribution is -0.138. The summed E-state index contributed by atoms with van der Waals surface area (Å²) >= 11 is 0. The molecule has 5 nitrogen and oxygen atoms in total. The number of likely N-dealkylation sites (tertiary alicyclic amines) is 1. The van der Waals surface area contributed by atoms with Gasteiger partial charge in [0.05, 0.1) is 18.0 Å². The Hall–Kier alpha value is -3.60. The molecule has 0 spiro atoms. The zero-order chi connectivity index (χ0) is 24.5. The summed E-state index contributed by atoms with van der Waals surface area (Å²) in [6, 6.07) is 28.4. The number of nitrogens with zero attached hydrogens (tertiary/aromatic N) is 1. The molecule has 1 saturated carbocycles. The third kappa shape index (κ3) is 4.17. The minimum absolute atomic E-state index is 0.0487. The van der Waals surface area contributed by atoms with Gasteiger partial charge in [0, 0.05) is 29.8 Å². The topological polar surface area (TPSA) is 61.4 Å². The number of carbonyl (C=O) groups is 2. The first-order valence-electron chi connectivity index (χ1n) is 13.3. The Labute approximate surface area is 212 Å². The number of amides is 2. The highest BCUT2D eigenvalue weighted by atomic mass is 16.2. The van der Waals surface area contributed by atoms with Crippen LogP contribution in [0.5, 0.6) is 0 Å². The van der Waals surface area contributed by atoms with Gasteiger partial charge in [-0.25, -0.2) is 0 Å². The Morgan fingerprint density at radius 1 is 0.806 bits per heavy atom. The van der Waals surface area contributed by atoms with Gasteiger partial charge in [0.15, 0.2) is 0 Å². The van der Waals surface area contributed by atoms with Crippen molar-refractivity contribution in [3.8, 4) is 0 Å². The summed E-state index contributed by atoms with van der Waals surface area (Å²) in [7, 11) is 0. The molecule has 0 radical (unpaired) electrons. The molecule has 5 heteroatoms. The van der Waals surface area contributed by atoms with E-state index in [9.17, 15) is 9.59 Å². The summed E-state index contributed by atoms with van der Waals surface area (Å²) in [6.45, 7) is 0.753. The largest absolute Gasteiger partial charge is 0.378 e. The van der Waals surface area contributed by atoms with Crippen LogP contribution in [0.25, 0.3) is 0 Å². The van der Waals surface area contributed by atoms with Crippen LogP contribution in [0.4, 0.5) is 5.69 Å². The molecule has 3 aromatic rings. The standard InChI is InChI=1S/C31H33N3O2/c35-30(22-13-5-2-6-14-22)33-27-18-10-8-16-24(27)31(36)34-20-19-25-28(21-11-3-1-4-12-21)32-26-17-9-7-15-23(26)29(25)34/h1-7,9,11-15,17,24-25,27-29,32H,8,10,16,18-20H2,(H,33,35)/t24-,25+,27+,28+,29+/m0/s1. The van der Waals surface area contributed by atoms with E-state index in [4.69, 9.17) is 0 Å². The lowest BCUT2D eigenvalue weighted by Crippen LogP contribution is -2.50. The van der Waals surface area contributed by atoms with Gasteiger partial charge in [-0.15, -0.1) is 0 Å². The second-order valence-corrected chi connectivity index (χ2v) is 10.4. The number of nitrogens with one attached hydrogen (secondary N) is 2. The lowest BCUT2D eigenvalue weighted by atomic mass is 9.79. The molecule has 2 amide bonds. The van der Waals surface area contributed by atoms with Crippen molar-refractivity contribution in [2.75, 3.05) is 11.9 Å². The molecule has 2 fully saturated rings. The number of anilines is 1. The number of benzene rings is 3. The van der Waals surface area contributed by atoms with Gasteiger partial charge in [0.25, 0.3) is 5.91 Å². The first kappa shape index (κ1) is 22.8. The van der Waals surface area contributed by atoms with Crippen LogP contribution in [0, 0.1) is 11.8 Å². The average molecular weight is 480 g/mol. The molecule has 5 atom stereocenters. The van der Waals surface area contributed by atoms with Gasteiger partial charge >= 0.3 is 0 Å². The van der Waals surface area contributed by atoms with E-state index < -0.39 is 0 Å². The molecular weight excluding hydrogens is 446 g/mol. The Kier molecular flexibility index (Phi) is 6.22. The van der Waals surface area contributed by atoms with Crippen molar-refractivity contribution in [3.05, 3.63) is 102 Å². The van der Waals surface area contributed by atoms with Gasteiger partial charge in [0.2, 0.25) is 5.91 Å². The van der Waals surface area contributed by atoms with Crippen LogP contribution in [0.3, 0.4) is 0 Å². The fourth-order valence-electron chi connectivity index (χ4n) is 6.62. The monoisotopic (exact) mass is 479 g/mol. The van der Waals surface area contributed by atoms with Gasteiger partial charge in [-0.05, 0) is 48.6 Å². The summed E-state index contributed by atoms with van der Waals surface area (Å²) in [6.07, 6.45) is 4.71. The van der Waals surface area contributed by atoms with E-state index in [1.165, 1.54) is 11.1 Å². The molecule has 1 saturated heterocycles. The number of fused-ring (bicyclic) bond motifs is 3. The molecule has 2 N–H and O–H groups in total. The zero-order valence-corrected chi connectivity index (χ0v) is 20.5. The zero-order valence-electron chi connectivity index (χ0n) is 20.5. The van der Waals surface area contributed by atoms with Crippen LogP contribution in [0.2, 0.25) is 0 Å². The minimum atomic E-state index is -0.178. The first-order chi connectivity index (χ1) is 17.7. The van der Waals surface area contributed by atoms with Crippen molar-refractivity contribution in [1.29, 1.82) is 0 Å². The molecule has 36 heavy (non-hydrogen) atoms. The van der Waals surface area contributed by atoms with E-state index in [1.807, 2.05) is 30.3 Å². The maximum Gasteiger partial charge on any atom is 0.251 e. The second-order valence-electron chi connectivity index (χ2n) is 10.4. The molecule has 2 aliphatic heterocycles. The maximum absolute atomic E-state index is 14.2. The maximum atomic E-state index is 14.2. The fraction of sp³-hybridized carbons (Fsp3) is 0.355. The van der Waals surface area contributed by atoms with Crippen LogP contribution in [-0.2, 0) is 4.79 Å². The van der Waals surface area contributed by atoms with Crippen molar-refractivity contribution >= 4 is 17.5 Å². The molecule has 0 bridgehead atoms. The lowest BCUT2D eigenvalue weighted by Gasteiger charge is -2.42. The first-order valence-corrected chi connectivity index (χ1v) is 13.3. The predicted octanol–water partition coefficient (Wildman–Crippen LogP) is 5.73. The molecule has 3 aromatic carbocycles. The van der Waals surface area contributed by atoms with Gasteiger partial charge < -0.3 is 15.5 Å². The Morgan fingerprint density at radius 3 is 2.31 bits per heavy atom. The summed E-state index contributed by atoms with van der Waals surface area (Å²) in [4.78, 5) is 29.3. The highest BCUT2D eigenvalue weighted by Crippen LogP contribution is 2.51. The Balaban J connectivity index is 1.28. The van der Waals surface area contributed by atoms with E-state index in [2.05, 4.69) is 70.1 Å². The van der Waals surface area contributed by atoms with E-state index in [1.54, 1.807) is 0 Å². The molecule has 6 rings (SSSR count). The van der Waals surface area contributed by atoms with Gasteiger partial charge in [-0.1, -0.05) is 79.6 Å². The summed E-state index contributed by atoms with van der Waals surface area (Å²) in [5, 5.41) is 7.00. The van der Waals surface area contributed by atoms with Crippen LogP contribution in [-0.4, -0.2) is 29.3 Å². The Morgan fingerprint density at radius 2 is 1.50 bits per heavy atom. The van der Waals surface area contributed by atoms with Crippen molar-refractivity contribution < 1.29 is 9.59 Å². The van der Waals surface area contributed by atoms with Crippen LogP contribution in [0.15, 0.2) is 84.9 Å². The van der Waals surface area contributed by atoms with E-state index in [0.717, 1.165) is 44.3 Å². The quantitative estimate of drug-likeness (QED) is 0.502. The van der Waals surface area contributed by atoms with Crippen molar-refractivity contribution in [2.45, 2.75) is 50.2 Å². The third-order valence-corrected chi connectivity index (χ3v) is 8.34. The Bertz CT molecular complexity index is 1230. The highest BCUT2D eigenvalue weighted by molar-refractivity contribution is 5.95. The fourth-order valence-corrected chi connectivity index (χ4v) is 6.62. The third-order valence-electron chi connectivity index (χ3n) is 8.34. The molecular formula is C31H33N3O2. The number of carbonyl (C=O) groups excluding carboxylic acids is 2. The molecule has 0 aromatic heterocycles. The van der Waals surface area contributed by atoms with Crippen molar-refractivity contribution in [2.24, 2.45) is 11.8 Å². The summed E-state index contributed by atoms with van der Waals surface area (Å²) in [5.41, 5.74) is 4.24. The molecule has 0 unspecified atom stereocenters. The van der Waals surface area contributed by atoms with Crippen LogP contribution in [0.1, 0.15) is 65.7 Å². The number of para-hydroxylation sites is 1. The SMILES string of the molecule is O=C(N[C@@H]1CCCC[C@@H]1C(=O)N1CC[C@@H]2[C@@H](c3ccccc3)Nc3ccccc3[C@H]21)c1ccccc1. The van der Waals surface area contributed by atoms with Gasteiger partial charge in [0.1, 0.15) is 0 Å². The van der Waals surface area contributed by atoms with E-state index in [-0.39, 0.29) is 35.9 Å². The van der Waals surface area contributed by atoms with Crippen molar-refractivity contribution in [1.82, 2.24) is 10.2 Å². The van der Waals surface area contributed by atoms with Crippen LogP contribution >= 0.6 is 0 Å². The molecule has 3 aliphatic rings. The summed E-state index contributed by atoms with van der Waals surface area (Å²) < 4.78 is 0. The number of hydrogen-bond acceptors (Lipinski definition) is 3. The summed E-state index contributed by atoms with van der Waals surface area (Å²) in [5.74, 6) is 0.245. The molecule has 184 valence electrons. The van der Waals surface area contributed by atoms with E-state index >= 15 is 0 Å².